The molecular weight excluding hydrogens is 348 g/mol. The van der Waals surface area contributed by atoms with Crippen LogP contribution in [0.25, 0.3) is 0 Å². The Labute approximate surface area is 126 Å². The molecule has 1 aromatic rings. The van der Waals surface area contributed by atoms with Gasteiger partial charge in [-0.3, -0.25) is 0 Å². The van der Waals surface area contributed by atoms with Crippen LogP contribution in [0.1, 0.15) is 0 Å². The van der Waals surface area contributed by atoms with Crippen molar-refractivity contribution in [2.45, 2.75) is 11.0 Å². The molecule has 1 aromatic heterocycles. The van der Waals surface area contributed by atoms with Crippen molar-refractivity contribution in [2.75, 3.05) is 39.0 Å². The summed E-state index contributed by atoms with van der Waals surface area (Å²) in [6.07, 6.45) is 1.29. The molecular formula is C11H17BrN4O3S. The minimum absolute atomic E-state index is 0.0256. The van der Waals surface area contributed by atoms with Crippen molar-refractivity contribution in [3.63, 3.8) is 0 Å². The second kappa shape index (κ2) is 6.35. The summed E-state index contributed by atoms with van der Waals surface area (Å²) >= 11 is 3.18. The number of nitrogens with zero attached hydrogens (tertiary/aromatic N) is 2. The first-order chi connectivity index (χ1) is 9.38. The number of morpholine rings is 1. The van der Waals surface area contributed by atoms with Crippen LogP contribution in [0.15, 0.2) is 21.6 Å². The number of anilines is 1. The van der Waals surface area contributed by atoms with Crippen molar-refractivity contribution in [3.05, 3.63) is 16.7 Å². The van der Waals surface area contributed by atoms with Crippen LogP contribution in [0, 0.1) is 0 Å². The summed E-state index contributed by atoms with van der Waals surface area (Å²) in [4.78, 5) is 5.89. The SMILES string of the molecule is CN1CCOC(CNS(=O)(=O)c2cc(Br)cnc2N)C1. The molecule has 112 valence electrons. The number of nitrogen functional groups attached to an aromatic ring is 1. The standard InChI is InChI=1S/C11H17BrN4O3S/c1-16-2-3-19-9(7-16)6-15-20(17,18)10-4-8(12)5-14-11(10)13/h4-5,9,15H,2-3,6-7H2,1H3,(H2,13,14). The first kappa shape index (κ1) is 15.6. The van der Waals surface area contributed by atoms with Crippen LogP contribution < -0.4 is 10.5 Å². The minimum atomic E-state index is -3.70. The maximum atomic E-state index is 12.2. The molecule has 0 amide bonds. The molecule has 1 aliphatic rings. The fourth-order valence-electron chi connectivity index (χ4n) is 1.92. The fourth-order valence-corrected chi connectivity index (χ4v) is 3.57. The zero-order valence-corrected chi connectivity index (χ0v) is 13.4. The van der Waals surface area contributed by atoms with Gasteiger partial charge < -0.3 is 15.4 Å². The van der Waals surface area contributed by atoms with Crippen LogP contribution in [0.3, 0.4) is 0 Å². The third kappa shape index (κ3) is 3.89. The van der Waals surface area contributed by atoms with E-state index >= 15 is 0 Å². The molecule has 0 saturated carbocycles. The maximum absolute atomic E-state index is 12.2. The average molecular weight is 365 g/mol. The van der Waals surface area contributed by atoms with Crippen molar-refractivity contribution >= 4 is 31.8 Å². The lowest BCUT2D eigenvalue weighted by molar-refractivity contribution is -0.0156. The van der Waals surface area contributed by atoms with Gasteiger partial charge >= 0.3 is 0 Å². The molecule has 9 heteroatoms. The van der Waals surface area contributed by atoms with Gasteiger partial charge in [0.25, 0.3) is 0 Å². The lowest BCUT2D eigenvalue weighted by Gasteiger charge is -2.30. The highest BCUT2D eigenvalue weighted by Gasteiger charge is 2.23. The van der Waals surface area contributed by atoms with E-state index in [9.17, 15) is 8.42 Å². The van der Waals surface area contributed by atoms with Gasteiger partial charge in [0, 0.05) is 30.3 Å². The average Bonchev–Trinajstić information content (AvgIpc) is 2.39. The molecule has 0 radical (unpaired) electrons. The summed E-state index contributed by atoms with van der Waals surface area (Å²) in [6.45, 7) is 2.35. The molecule has 1 unspecified atom stereocenters. The van der Waals surface area contributed by atoms with Crippen molar-refractivity contribution in [1.82, 2.24) is 14.6 Å². The summed E-state index contributed by atoms with van der Waals surface area (Å²) in [5.41, 5.74) is 5.62. The van der Waals surface area contributed by atoms with Crippen molar-refractivity contribution < 1.29 is 13.2 Å². The Morgan fingerprint density at radius 1 is 1.65 bits per heavy atom. The Kier molecular flexibility index (Phi) is 4.97. The number of nitrogens with one attached hydrogen (secondary N) is 1. The summed E-state index contributed by atoms with van der Waals surface area (Å²) in [5, 5.41) is 0. The molecule has 1 atom stereocenters. The van der Waals surface area contributed by atoms with Gasteiger partial charge in [-0.2, -0.15) is 0 Å². The Morgan fingerprint density at radius 2 is 2.40 bits per heavy atom. The predicted molar refractivity (Wildman–Crippen MR) is 78.8 cm³/mol. The molecule has 2 rings (SSSR count). The summed E-state index contributed by atoms with van der Waals surface area (Å²) in [7, 11) is -1.72. The number of aromatic nitrogens is 1. The maximum Gasteiger partial charge on any atom is 0.244 e. The predicted octanol–water partition coefficient (Wildman–Crippen LogP) is 0.0352. The topological polar surface area (TPSA) is 97.5 Å². The Hall–Kier alpha value is -0.740. The highest BCUT2D eigenvalue weighted by Crippen LogP contribution is 2.20. The number of rotatable bonds is 4. The van der Waals surface area contributed by atoms with E-state index < -0.39 is 10.0 Å². The van der Waals surface area contributed by atoms with Crippen LogP contribution in [-0.4, -0.2) is 57.7 Å². The largest absolute Gasteiger partial charge is 0.383 e. The van der Waals surface area contributed by atoms with E-state index in [0.29, 0.717) is 17.6 Å². The van der Waals surface area contributed by atoms with E-state index in [2.05, 4.69) is 30.5 Å². The minimum Gasteiger partial charge on any atom is -0.383 e. The quantitative estimate of drug-likeness (QED) is 0.782. The third-order valence-electron chi connectivity index (χ3n) is 2.98. The smallest absolute Gasteiger partial charge is 0.244 e. The lowest BCUT2D eigenvalue weighted by atomic mass is 10.3. The summed E-state index contributed by atoms with van der Waals surface area (Å²) in [5.74, 6) is -0.0256. The molecule has 1 aliphatic heterocycles. The van der Waals surface area contributed by atoms with Crippen LogP contribution >= 0.6 is 15.9 Å². The first-order valence-corrected chi connectivity index (χ1v) is 8.37. The Balaban J connectivity index is 2.05. The normalized spacial score (nSPS) is 21.0. The molecule has 20 heavy (non-hydrogen) atoms. The molecule has 1 saturated heterocycles. The van der Waals surface area contributed by atoms with Gasteiger partial charge in [-0.05, 0) is 29.0 Å². The number of hydrogen-bond donors (Lipinski definition) is 2. The number of ether oxygens (including phenoxy) is 1. The number of sulfonamides is 1. The number of pyridine rings is 1. The Bertz CT molecular complexity index is 581. The fraction of sp³-hybridized carbons (Fsp3) is 0.545. The lowest BCUT2D eigenvalue weighted by Crippen LogP contribution is -2.45. The number of hydrogen-bond acceptors (Lipinski definition) is 6. The zero-order valence-electron chi connectivity index (χ0n) is 11.0. The highest BCUT2D eigenvalue weighted by atomic mass is 79.9. The summed E-state index contributed by atoms with van der Waals surface area (Å²) < 4.78 is 33.0. The van der Waals surface area contributed by atoms with E-state index in [4.69, 9.17) is 10.5 Å². The van der Waals surface area contributed by atoms with E-state index in [0.717, 1.165) is 6.54 Å². The number of likely N-dealkylation sites (N-methyl/N-ethyl adjacent to an activating group) is 1. The van der Waals surface area contributed by atoms with Crippen molar-refractivity contribution in [3.8, 4) is 0 Å². The number of halogens is 1. The van der Waals surface area contributed by atoms with Gasteiger partial charge in [0.15, 0.2) is 0 Å². The van der Waals surface area contributed by atoms with Crippen LogP contribution in [0.4, 0.5) is 5.82 Å². The highest BCUT2D eigenvalue weighted by molar-refractivity contribution is 9.10. The first-order valence-electron chi connectivity index (χ1n) is 6.09. The Morgan fingerprint density at radius 3 is 3.10 bits per heavy atom. The van der Waals surface area contributed by atoms with Gasteiger partial charge in [-0.15, -0.1) is 0 Å². The van der Waals surface area contributed by atoms with Crippen LogP contribution in [0.2, 0.25) is 0 Å². The molecule has 0 bridgehead atoms. The molecule has 3 N–H and O–H groups in total. The monoisotopic (exact) mass is 364 g/mol. The summed E-state index contributed by atoms with van der Waals surface area (Å²) in [6, 6.07) is 1.43. The van der Waals surface area contributed by atoms with Crippen molar-refractivity contribution in [2.24, 2.45) is 0 Å². The van der Waals surface area contributed by atoms with Gasteiger partial charge in [-0.1, -0.05) is 0 Å². The second-order valence-corrected chi connectivity index (χ2v) is 7.29. The van der Waals surface area contributed by atoms with Gasteiger partial charge in [-0.25, -0.2) is 18.1 Å². The van der Waals surface area contributed by atoms with E-state index in [1.54, 1.807) is 0 Å². The molecule has 0 aromatic carbocycles. The van der Waals surface area contributed by atoms with Gasteiger partial charge in [0.1, 0.15) is 10.7 Å². The van der Waals surface area contributed by atoms with Gasteiger partial charge in [0.2, 0.25) is 10.0 Å². The third-order valence-corrected chi connectivity index (χ3v) is 4.87. The number of nitrogens with two attached hydrogens (primary N) is 1. The van der Waals surface area contributed by atoms with Crippen molar-refractivity contribution in [1.29, 1.82) is 0 Å². The van der Waals surface area contributed by atoms with E-state index in [-0.39, 0.29) is 23.4 Å². The van der Waals surface area contributed by atoms with E-state index in [1.807, 2.05) is 7.05 Å². The second-order valence-electron chi connectivity index (χ2n) is 4.64. The molecule has 0 aliphatic carbocycles. The van der Waals surface area contributed by atoms with Crippen LogP contribution in [0.5, 0.6) is 0 Å². The van der Waals surface area contributed by atoms with Gasteiger partial charge in [0.05, 0.1) is 12.7 Å². The van der Waals surface area contributed by atoms with E-state index in [1.165, 1.54) is 12.3 Å². The molecule has 0 spiro atoms. The zero-order chi connectivity index (χ0) is 14.8. The molecule has 7 nitrogen and oxygen atoms in total. The molecule has 2 heterocycles. The van der Waals surface area contributed by atoms with Crippen LogP contribution in [-0.2, 0) is 14.8 Å². The molecule has 1 fully saturated rings.